The van der Waals surface area contributed by atoms with Gasteiger partial charge in [0.25, 0.3) is 0 Å². The predicted octanol–water partition coefficient (Wildman–Crippen LogP) is 3.20. The largest absolute Gasteiger partial charge is 0.357 e. The number of aromatic nitrogens is 1. The molecule has 0 saturated heterocycles. The summed E-state index contributed by atoms with van der Waals surface area (Å²) in [6.07, 6.45) is 2.92. The smallest absolute Gasteiger partial charge is 0.191 e. The molecule has 0 saturated carbocycles. The molecule has 7 heteroatoms. The first-order chi connectivity index (χ1) is 12.5. The van der Waals surface area contributed by atoms with E-state index in [0.29, 0.717) is 13.1 Å². The van der Waals surface area contributed by atoms with Gasteiger partial charge in [-0.1, -0.05) is 19.1 Å². The summed E-state index contributed by atoms with van der Waals surface area (Å²) in [7, 11) is 3.98. The van der Waals surface area contributed by atoms with Crippen molar-refractivity contribution in [2.24, 2.45) is 4.99 Å². The standard InChI is InChI=1S/C19H28FN5S/c1-5-16-11-22-18(26-16)13-24-19(21-6-2)23-12-17(25(3)4)14-8-7-9-15(20)10-14/h7-11,17H,5-6,12-13H2,1-4H3,(H2,21,23,24). The van der Waals surface area contributed by atoms with Crippen molar-refractivity contribution in [2.45, 2.75) is 32.9 Å². The van der Waals surface area contributed by atoms with Crippen molar-refractivity contribution < 1.29 is 4.39 Å². The van der Waals surface area contributed by atoms with Gasteiger partial charge in [-0.25, -0.2) is 14.4 Å². The highest BCUT2D eigenvalue weighted by Crippen LogP contribution is 2.18. The third-order valence-electron chi connectivity index (χ3n) is 3.99. The Labute approximate surface area is 159 Å². The van der Waals surface area contributed by atoms with Gasteiger partial charge in [0.1, 0.15) is 10.8 Å². The molecule has 142 valence electrons. The fourth-order valence-corrected chi connectivity index (χ4v) is 3.37. The van der Waals surface area contributed by atoms with Gasteiger partial charge in [0, 0.05) is 24.2 Å². The third-order valence-corrected chi connectivity index (χ3v) is 5.11. The van der Waals surface area contributed by atoms with Crippen molar-refractivity contribution in [1.82, 2.24) is 20.5 Å². The molecule has 0 aliphatic heterocycles. The zero-order valence-electron chi connectivity index (χ0n) is 15.9. The van der Waals surface area contributed by atoms with E-state index in [1.54, 1.807) is 23.5 Å². The number of aryl methyl sites for hydroxylation is 1. The van der Waals surface area contributed by atoms with Gasteiger partial charge in [-0.2, -0.15) is 0 Å². The molecule has 0 aliphatic rings. The van der Waals surface area contributed by atoms with E-state index in [4.69, 9.17) is 0 Å². The van der Waals surface area contributed by atoms with Gasteiger partial charge < -0.3 is 15.5 Å². The van der Waals surface area contributed by atoms with Crippen LogP contribution >= 0.6 is 11.3 Å². The first kappa shape index (κ1) is 20.3. The molecule has 5 nitrogen and oxygen atoms in total. The Bertz CT molecular complexity index is 713. The molecule has 1 aromatic heterocycles. The average Bonchev–Trinajstić information content (AvgIpc) is 3.07. The van der Waals surface area contributed by atoms with Crippen LogP contribution in [0.3, 0.4) is 0 Å². The van der Waals surface area contributed by atoms with Crippen LogP contribution in [0, 0.1) is 5.82 Å². The van der Waals surface area contributed by atoms with Crippen LogP contribution < -0.4 is 10.6 Å². The fraction of sp³-hybridized carbons (Fsp3) is 0.474. The lowest BCUT2D eigenvalue weighted by Gasteiger charge is -2.26. The normalized spacial score (nSPS) is 13.1. The Morgan fingerprint density at radius 2 is 2.12 bits per heavy atom. The molecule has 0 fully saturated rings. The minimum atomic E-state index is -0.217. The van der Waals surface area contributed by atoms with Gasteiger partial charge in [0.15, 0.2) is 5.96 Å². The summed E-state index contributed by atoms with van der Waals surface area (Å²) >= 11 is 1.70. The quantitative estimate of drug-likeness (QED) is 0.548. The molecule has 1 aromatic carbocycles. The number of thiazole rings is 1. The summed E-state index contributed by atoms with van der Waals surface area (Å²) in [5, 5.41) is 7.62. The molecule has 2 rings (SSSR count). The van der Waals surface area contributed by atoms with E-state index in [0.717, 1.165) is 29.5 Å². The maximum absolute atomic E-state index is 13.6. The van der Waals surface area contributed by atoms with E-state index in [-0.39, 0.29) is 11.9 Å². The Morgan fingerprint density at radius 3 is 2.73 bits per heavy atom. The van der Waals surface area contributed by atoms with E-state index in [1.165, 1.54) is 10.9 Å². The summed E-state index contributed by atoms with van der Waals surface area (Å²) in [6.45, 7) is 6.11. The van der Waals surface area contributed by atoms with E-state index in [9.17, 15) is 4.39 Å². The number of guanidine groups is 1. The first-order valence-electron chi connectivity index (χ1n) is 8.91. The van der Waals surface area contributed by atoms with Crippen LogP contribution in [0.5, 0.6) is 0 Å². The minimum absolute atomic E-state index is 0.0427. The molecule has 2 N–H and O–H groups in total. The van der Waals surface area contributed by atoms with Gasteiger partial charge in [-0.15, -0.1) is 11.3 Å². The molecule has 0 spiro atoms. The highest BCUT2D eigenvalue weighted by Gasteiger charge is 2.15. The number of nitrogens with one attached hydrogen (secondary N) is 2. The molecule has 2 aromatic rings. The number of benzene rings is 1. The van der Waals surface area contributed by atoms with Crippen molar-refractivity contribution in [1.29, 1.82) is 0 Å². The summed E-state index contributed by atoms with van der Waals surface area (Å²) in [5.41, 5.74) is 0.936. The number of halogens is 1. The molecule has 26 heavy (non-hydrogen) atoms. The average molecular weight is 378 g/mol. The van der Waals surface area contributed by atoms with Gasteiger partial charge in [-0.3, -0.25) is 0 Å². The number of rotatable bonds is 8. The number of hydrogen-bond acceptors (Lipinski definition) is 4. The molecular formula is C19H28FN5S. The van der Waals surface area contributed by atoms with E-state index in [1.807, 2.05) is 33.3 Å². The van der Waals surface area contributed by atoms with E-state index in [2.05, 4.69) is 32.4 Å². The lowest BCUT2D eigenvalue weighted by atomic mass is 10.1. The van der Waals surface area contributed by atoms with E-state index >= 15 is 0 Å². The van der Waals surface area contributed by atoms with Crippen LogP contribution in [0.25, 0.3) is 0 Å². The Morgan fingerprint density at radius 1 is 1.31 bits per heavy atom. The van der Waals surface area contributed by atoms with Crippen molar-refractivity contribution in [3.05, 3.63) is 51.7 Å². The predicted molar refractivity (Wildman–Crippen MR) is 107 cm³/mol. The topological polar surface area (TPSA) is 52.6 Å². The van der Waals surface area contributed by atoms with Crippen LogP contribution in [0.4, 0.5) is 4.39 Å². The Balaban J connectivity index is 2.03. The molecule has 0 amide bonds. The second-order valence-electron chi connectivity index (χ2n) is 6.18. The zero-order chi connectivity index (χ0) is 18.9. The summed E-state index contributed by atoms with van der Waals surface area (Å²) < 4.78 is 13.6. The third kappa shape index (κ3) is 6.07. The molecule has 0 radical (unpaired) electrons. The number of likely N-dealkylation sites (N-methyl/N-ethyl adjacent to an activating group) is 1. The van der Waals surface area contributed by atoms with Crippen molar-refractivity contribution in [3.63, 3.8) is 0 Å². The zero-order valence-corrected chi connectivity index (χ0v) is 16.7. The lowest BCUT2D eigenvalue weighted by molar-refractivity contribution is 0.297. The lowest BCUT2D eigenvalue weighted by Crippen LogP contribution is -2.41. The molecule has 0 aliphatic carbocycles. The highest BCUT2D eigenvalue weighted by molar-refractivity contribution is 7.11. The van der Waals surface area contributed by atoms with Crippen LogP contribution in [-0.4, -0.2) is 43.0 Å². The molecular weight excluding hydrogens is 349 g/mol. The number of nitrogens with zero attached hydrogens (tertiary/aromatic N) is 3. The maximum atomic E-state index is 13.6. The summed E-state index contributed by atoms with van der Waals surface area (Å²) in [4.78, 5) is 12.4. The molecule has 1 heterocycles. The van der Waals surface area contributed by atoms with Gasteiger partial charge in [-0.05, 0) is 45.1 Å². The van der Waals surface area contributed by atoms with Crippen molar-refractivity contribution in [3.8, 4) is 0 Å². The van der Waals surface area contributed by atoms with Crippen molar-refractivity contribution in [2.75, 3.05) is 27.2 Å². The number of hydrogen-bond donors (Lipinski definition) is 2. The van der Waals surface area contributed by atoms with Crippen LogP contribution in [-0.2, 0) is 13.0 Å². The maximum Gasteiger partial charge on any atom is 0.191 e. The van der Waals surface area contributed by atoms with Crippen LogP contribution in [0.1, 0.15) is 35.3 Å². The van der Waals surface area contributed by atoms with Gasteiger partial charge >= 0.3 is 0 Å². The van der Waals surface area contributed by atoms with Gasteiger partial charge in [0.05, 0.1) is 12.6 Å². The number of aliphatic imine (C=N–C) groups is 1. The minimum Gasteiger partial charge on any atom is -0.357 e. The fourth-order valence-electron chi connectivity index (χ4n) is 2.58. The molecule has 1 unspecified atom stereocenters. The SMILES string of the molecule is CCNC(=NCc1ncc(CC)s1)NCC(c1cccc(F)c1)N(C)C. The monoisotopic (exact) mass is 377 g/mol. The first-order valence-corrected chi connectivity index (χ1v) is 9.72. The van der Waals surface area contributed by atoms with E-state index < -0.39 is 0 Å². The summed E-state index contributed by atoms with van der Waals surface area (Å²) in [5.74, 6) is 0.523. The Hall–Kier alpha value is -1.99. The van der Waals surface area contributed by atoms with Gasteiger partial charge in [0.2, 0.25) is 0 Å². The second kappa shape index (κ2) is 10.2. The van der Waals surface area contributed by atoms with Crippen LogP contribution in [0.2, 0.25) is 0 Å². The summed E-state index contributed by atoms with van der Waals surface area (Å²) in [6, 6.07) is 6.78. The molecule has 0 bridgehead atoms. The molecule has 1 atom stereocenters. The van der Waals surface area contributed by atoms with Crippen molar-refractivity contribution >= 4 is 17.3 Å². The Kier molecular flexibility index (Phi) is 8.00. The second-order valence-corrected chi connectivity index (χ2v) is 7.38. The van der Waals surface area contributed by atoms with Crippen LogP contribution in [0.15, 0.2) is 35.5 Å². The highest BCUT2D eigenvalue weighted by atomic mass is 32.1.